The van der Waals surface area contributed by atoms with Gasteiger partial charge in [0.05, 0.1) is 6.54 Å². The molecule has 24 heavy (non-hydrogen) atoms. The molecule has 0 spiro atoms. The summed E-state index contributed by atoms with van der Waals surface area (Å²) in [5.41, 5.74) is 5.27. The number of hydrogen-bond acceptors (Lipinski definition) is 7. The second kappa shape index (κ2) is 10.6. The van der Waals surface area contributed by atoms with Crippen LogP contribution >= 0.6 is 12.6 Å². The molecule has 0 aliphatic rings. The number of carbonyl (C=O) groups excluding carboxylic acids is 3. The number of aliphatic carboxylic acids is 2. The predicted molar refractivity (Wildman–Crippen MR) is 85.5 cm³/mol. The number of carboxylic acids is 2. The Balaban J connectivity index is 4.80. The first-order chi connectivity index (χ1) is 11.1. The van der Waals surface area contributed by atoms with E-state index in [2.05, 4.69) is 17.9 Å². The number of Topliss-reactive ketones (excluding diaryl/α,β-unsaturated/α-hetero) is 1. The van der Waals surface area contributed by atoms with Gasteiger partial charge in [-0.3, -0.25) is 24.0 Å². The van der Waals surface area contributed by atoms with E-state index in [9.17, 15) is 24.0 Å². The Labute approximate surface area is 143 Å². The van der Waals surface area contributed by atoms with Crippen molar-refractivity contribution < 1.29 is 34.2 Å². The van der Waals surface area contributed by atoms with Crippen molar-refractivity contribution in [3.8, 4) is 0 Å². The van der Waals surface area contributed by atoms with Crippen molar-refractivity contribution in [2.45, 2.75) is 31.8 Å². The van der Waals surface area contributed by atoms with Crippen LogP contribution in [-0.2, 0) is 24.0 Å². The Morgan fingerprint density at radius 2 is 1.75 bits per heavy atom. The fourth-order valence-corrected chi connectivity index (χ4v) is 1.97. The van der Waals surface area contributed by atoms with Crippen molar-refractivity contribution in [3.63, 3.8) is 0 Å². The van der Waals surface area contributed by atoms with E-state index in [-0.39, 0.29) is 18.6 Å². The highest BCUT2D eigenvalue weighted by atomic mass is 32.1. The average molecular weight is 363 g/mol. The normalized spacial score (nSPS) is 12.8. The third-order valence-electron chi connectivity index (χ3n) is 2.87. The van der Waals surface area contributed by atoms with Gasteiger partial charge in [0.1, 0.15) is 24.4 Å². The molecule has 10 nitrogen and oxygen atoms in total. The number of thiol groups is 1. The molecular formula is C13H21N3O7S. The van der Waals surface area contributed by atoms with Crippen molar-refractivity contribution >= 4 is 42.2 Å². The van der Waals surface area contributed by atoms with E-state index in [4.69, 9.17) is 15.9 Å². The topological polar surface area (TPSA) is 167 Å². The summed E-state index contributed by atoms with van der Waals surface area (Å²) in [4.78, 5) is 57.3. The molecule has 0 aliphatic heterocycles. The summed E-state index contributed by atoms with van der Waals surface area (Å²) in [6.07, 6.45) is -0.350. The van der Waals surface area contributed by atoms with Crippen molar-refractivity contribution in [2.24, 2.45) is 5.73 Å². The van der Waals surface area contributed by atoms with E-state index in [0.29, 0.717) is 0 Å². The molecule has 0 heterocycles. The number of carboxylic acid groups (broad SMARTS) is 2. The summed E-state index contributed by atoms with van der Waals surface area (Å²) in [5, 5.41) is 19.8. The van der Waals surface area contributed by atoms with Crippen LogP contribution in [0, 0.1) is 0 Å². The lowest BCUT2D eigenvalue weighted by Crippen LogP contribution is -2.52. The van der Waals surface area contributed by atoms with E-state index in [0.717, 1.165) is 4.90 Å². The molecule has 5 N–H and O–H groups in total. The second-order valence-corrected chi connectivity index (χ2v) is 5.44. The molecule has 0 saturated carbocycles. The standard InChI is InChI=1S/C13H21N3O7S/c1-7(17)4-16(5-11(19)20)12(21)9(6-24)15-10(18)3-2-8(14)13(22)23/h8-9,24H,2-6,14H2,1H3,(H,15,18)(H,19,20)(H,22,23)/t8?,9-/m1/s1. The summed E-state index contributed by atoms with van der Waals surface area (Å²) in [5.74, 6) is -4.49. The lowest BCUT2D eigenvalue weighted by atomic mass is 10.1. The fourth-order valence-electron chi connectivity index (χ4n) is 1.73. The van der Waals surface area contributed by atoms with Gasteiger partial charge in [0, 0.05) is 12.2 Å². The van der Waals surface area contributed by atoms with Gasteiger partial charge >= 0.3 is 11.9 Å². The minimum Gasteiger partial charge on any atom is -0.480 e. The number of amides is 2. The van der Waals surface area contributed by atoms with Gasteiger partial charge in [0.15, 0.2) is 0 Å². The van der Waals surface area contributed by atoms with Gasteiger partial charge in [-0.1, -0.05) is 0 Å². The van der Waals surface area contributed by atoms with Gasteiger partial charge in [-0.2, -0.15) is 12.6 Å². The van der Waals surface area contributed by atoms with Gasteiger partial charge in [0.25, 0.3) is 0 Å². The van der Waals surface area contributed by atoms with Gasteiger partial charge in [0.2, 0.25) is 11.8 Å². The van der Waals surface area contributed by atoms with E-state index in [1.54, 1.807) is 0 Å². The summed E-state index contributed by atoms with van der Waals surface area (Å²) in [6.45, 7) is 0.0985. The molecular weight excluding hydrogens is 342 g/mol. The summed E-state index contributed by atoms with van der Waals surface area (Å²) >= 11 is 3.93. The molecule has 2 amide bonds. The first kappa shape index (κ1) is 21.9. The molecule has 0 fully saturated rings. The highest BCUT2D eigenvalue weighted by Crippen LogP contribution is 2.02. The van der Waals surface area contributed by atoms with Crippen LogP contribution in [0.2, 0.25) is 0 Å². The van der Waals surface area contributed by atoms with E-state index >= 15 is 0 Å². The molecule has 0 aliphatic carbocycles. The molecule has 0 aromatic rings. The van der Waals surface area contributed by atoms with Gasteiger partial charge in [-0.25, -0.2) is 0 Å². The number of carbonyl (C=O) groups is 5. The molecule has 1 unspecified atom stereocenters. The predicted octanol–water partition coefficient (Wildman–Crippen LogP) is -1.90. The van der Waals surface area contributed by atoms with Crippen LogP contribution < -0.4 is 11.1 Å². The van der Waals surface area contributed by atoms with Gasteiger partial charge in [-0.05, 0) is 13.3 Å². The van der Waals surface area contributed by atoms with E-state index in [1.807, 2.05) is 0 Å². The first-order valence-corrected chi connectivity index (χ1v) is 7.60. The fraction of sp³-hybridized carbons (Fsp3) is 0.615. The van der Waals surface area contributed by atoms with E-state index in [1.165, 1.54) is 6.92 Å². The molecule has 0 radical (unpaired) electrons. The molecule has 0 aromatic carbocycles. The summed E-state index contributed by atoms with van der Waals surface area (Å²) < 4.78 is 0. The Kier molecular flexibility index (Phi) is 9.65. The monoisotopic (exact) mass is 363 g/mol. The van der Waals surface area contributed by atoms with Gasteiger partial charge in [-0.15, -0.1) is 0 Å². The third kappa shape index (κ3) is 8.48. The molecule has 0 aromatic heterocycles. The maximum Gasteiger partial charge on any atom is 0.323 e. The van der Waals surface area contributed by atoms with Crippen LogP contribution in [0.15, 0.2) is 0 Å². The molecule has 0 rings (SSSR count). The maximum absolute atomic E-state index is 12.3. The maximum atomic E-state index is 12.3. The number of hydrogen-bond donors (Lipinski definition) is 5. The molecule has 0 bridgehead atoms. The highest BCUT2D eigenvalue weighted by molar-refractivity contribution is 7.80. The lowest BCUT2D eigenvalue weighted by molar-refractivity contribution is -0.146. The molecule has 136 valence electrons. The number of rotatable bonds is 11. The van der Waals surface area contributed by atoms with Gasteiger partial charge < -0.3 is 26.2 Å². The van der Waals surface area contributed by atoms with Crippen LogP contribution in [0.5, 0.6) is 0 Å². The van der Waals surface area contributed by atoms with Crippen molar-refractivity contribution in [1.82, 2.24) is 10.2 Å². The first-order valence-electron chi connectivity index (χ1n) is 6.97. The Bertz CT molecular complexity index is 496. The zero-order valence-corrected chi connectivity index (χ0v) is 14.0. The van der Waals surface area contributed by atoms with Crippen LogP contribution in [0.1, 0.15) is 19.8 Å². The largest absolute Gasteiger partial charge is 0.480 e. The quantitative estimate of drug-likeness (QED) is 0.265. The molecule has 11 heteroatoms. The van der Waals surface area contributed by atoms with Crippen molar-refractivity contribution in [3.05, 3.63) is 0 Å². The zero-order valence-electron chi connectivity index (χ0n) is 13.1. The van der Waals surface area contributed by atoms with Crippen LogP contribution in [0.4, 0.5) is 0 Å². The Morgan fingerprint density at radius 3 is 2.17 bits per heavy atom. The SMILES string of the molecule is CC(=O)CN(CC(=O)O)C(=O)[C@@H](CS)NC(=O)CCC(N)C(=O)O. The Morgan fingerprint density at radius 1 is 1.17 bits per heavy atom. The minimum absolute atomic E-state index is 0.121. The van der Waals surface area contributed by atoms with E-state index < -0.39 is 54.7 Å². The van der Waals surface area contributed by atoms with Crippen molar-refractivity contribution in [1.29, 1.82) is 0 Å². The lowest BCUT2D eigenvalue weighted by Gasteiger charge is -2.25. The molecule has 2 atom stereocenters. The Hall–Kier alpha value is -2.14. The van der Waals surface area contributed by atoms with Crippen LogP contribution in [0.25, 0.3) is 0 Å². The van der Waals surface area contributed by atoms with Crippen LogP contribution in [0.3, 0.4) is 0 Å². The number of nitrogens with one attached hydrogen (secondary N) is 1. The number of nitrogens with zero attached hydrogens (tertiary/aromatic N) is 1. The van der Waals surface area contributed by atoms with Crippen molar-refractivity contribution in [2.75, 3.05) is 18.8 Å². The minimum atomic E-state index is -1.30. The third-order valence-corrected chi connectivity index (χ3v) is 3.23. The average Bonchev–Trinajstić information content (AvgIpc) is 2.47. The number of nitrogens with two attached hydrogens (primary N) is 1. The number of ketones is 1. The zero-order chi connectivity index (χ0) is 18.9. The second-order valence-electron chi connectivity index (χ2n) is 5.08. The molecule has 0 saturated heterocycles. The highest BCUT2D eigenvalue weighted by Gasteiger charge is 2.27. The smallest absolute Gasteiger partial charge is 0.323 e. The summed E-state index contributed by atoms with van der Waals surface area (Å²) in [7, 11) is 0. The summed E-state index contributed by atoms with van der Waals surface area (Å²) in [6, 6.07) is -2.34. The van der Waals surface area contributed by atoms with Crippen LogP contribution in [-0.4, -0.2) is 75.6 Å².